The van der Waals surface area contributed by atoms with E-state index in [1.54, 1.807) is 0 Å². The highest BCUT2D eigenvalue weighted by Crippen LogP contribution is 2.38. The van der Waals surface area contributed by atoms with E-state index in [2.05, 4.69) is 215 Å². The van der Waals surface area contributed by atoms with Crippen molar-refractivity contribution in [1.82, 2.24) is 19.9 Å². The standard InChI is InChI=1S/C46H32I2N4/c1-27-3-7-29(8-4-27)43-35-19-23-39(49-35)45(31-11-15-33(47)16-12-31)41-25-21-37(51-41)44(30-9-5-28(2)6-10-30)38-22-26-42(52-38)46(40-24-20-36(43)50-40)32-13-17-34(48)18-14-32/h3-26,49,52H,1-2H3. The summed E-state index contributed by atoms with van der Waals surface area (Å²) in [5, 5.41) is 0. The molecule has 52 heavy (non-hydrogen) atoms. The molecule has 2 aliphatic heterocycles. The average molecular weight is 895 g/mol. The van der Waals surface area contributed by atoms with Gasteiger partial charge >= 0.3 is 0 Å². The van der Waals surface area contributed by atoms with Crippen LogP contribution in [-0.4, -0.2) is 19.9 Å². The van der Waals surface area contributed by atoms with Crippen molar-refractivity contribution in [2.75, 3.05) is 0 Å². The minimum absolute atomic E-state index is 0.907. The van der Waals surface area contributed by atoms with Crippen LogP contribution in [0.1, 0.15) is 33.9 Å². The number of nitrogens with zero attached hydrogens (tertiary/aromatic N) is 2. The predicted octanol–water partition coefficient (Wildman–Crippen LogP) is 13.1. The number of halogens is 2. The van der Waals surface area contributed by atoms with Crippen molar-refractivity contribution in [3.05, 3.63) is 162 Å². The molecule has 0 saturated carbocycles. The van der Waals surface area contributed by atoms with Crippen LogP contribution >= 0.6 is 45.2 Å². The summed E-state index contributed by atoms with van der Waals surface area (Å²) in [6.07, 6.45) is 8.60. The molecule has 2 N–H and O–H groups in total. The summed E-state index contributed by atoms with van der Waals surface area (Å²) in [6, 6.07) is 43.5. The van der Waals surface area contributed by atoms with Gasteiger partial charge in [0, 0.05) is 51.5 Å². The largest absolute Gasteiger partial charge is 0.354 e. The van der Waals surface area contributed by atoms with Gasteiger partial charge in [0.15, 0.2) is 0 Å². The van der Waals surface area contributed by atoms with Gasteiger partial charge in [0.1, 0.15) is 0 Å². The minimum atomic E-state index is 0.907. The third kappa shape index (κ3) is 6.13. The van der Waals surface area contributed by atoms with Crippen LogP contribution in [-0.2, 0) is 0 Å². The molecule has 4 nitrogen and oxygen atoms in total. The van der Waals surface area contributed by atoms with E-state index >= 15 is 0 Å². The van der Waals surface area contributed by atoms with E-state index in [0.29, 0.717) is 0 Å². The van der Waals surface area contributed by atoms with Crippen molar-refractivity contribution in [3.8, 4) is 44.5 Å². The van der Waals surface area contributed by atoms with Crippen LogP contribution < -0.4 is 0 Å². The van der Waals surface area contributed by atoms with E-state index in [4.69, 9.17) is 9.97 Å². The maximum Gasteiger partial charge on any atom is 0.0737 e. The number of hydrogen-bond donors (Lipinski definition) is 2. The summed E-state index contributed by atoms with van der Waals surface area (Å²) in [5.41, 5.74) is 18.6. The maximum atomic E-state index is 5.41. The number of hydrogen-bond acceptors (Lipinski definition) is 2. The molecule has 250 valence electrons. The van der Waals surface area contributed by atoms with Gasteiger partial charge in [0.05, 0.1) is 22.8 Å². The quantitative estimate of drug-likeness (QED) is 0.173. The normalized spacial score (nSPS) is 12.1. The molecule has 6 heteroatoms. The fraction of sp³-hybridized carbons (Fsp3) is 0.0435. The van der Waals surface area contributed by atoms with Crippen molar-refractivity contribution in [2.24, 2.45) is 0 Å². The molecule has 0 unspecified atom stereocenters. The first kappa shape index (κ1) is 32.8. The second-order valence-corrected chi connectivity index (χ2v) is 15.7. The highest BCUT2D eigenvalue weighted by Gasteiger charge is 2.19. The van der Waals surface area contributed by atoms with E-state index in [0.717, 1.165) is 89.4 Å². The summed E-state index contributed by atoms with van der Waals surface area (Å²) in [5.74, 6) is 0. The molecule has 5 heterocycles. The van der Waals surface area contributed by atoms with Crippen molar-refractivity contribution in [1.29, 1.82) is 0 Å². The van der Waals surface area contributed by atoms with Gasteiger partial charge in [-0.1, -0.05) is 83.9 Å². The number of rotatable bonds is 4. The maximum absolute atomic E-state index is 5.41. The van der Waals surface area contributed by atoms with E-state index in [1.165, 1.54) is 18.3 Å². The van der Waals surface area contributed by atoms with Crippen molar-refractivity contribution < 1.29 is 0 Å². The van der Waals surface area contributed by atoms with Gasteiger partial charge in [-0.25, -0.2) is 9.97 Å². The fourth-order valence-electron chi connectivity index (χ4n) is 7.09. The highest BCUT2D eigenvalue weighted by molar-refractivity contribution is 14.1. The number of nitrogens with one attached hydrogen (secondary N) is 2. The molecule has 2 aliphatic rings. The smallest absolute Gasteiger partial charge is 0.0737 e. The molecule has 0 radical (unpaired) electrons. The zero-order valence-electron chi connectivity index (χ0n) is 28.5. The van der Waals surface area contributed by atoms with E-state index in [-0.39, 0.29) is 0 Å². The van der Waals surface area contributed by atoms with E-state index in [1.807, 2.05) is 0 Å². The van der Waals surface area contributed by atoms with Crippen LogP contribution in [0.15, 0.2) is 121 Å². The monoisotopic (exact) mass is 894 g/mol. The van der Waals surface area contributed by atoms with Crippen molar-refractivity contribution >= 4 is 91.6 Å². The summed E-state index contributed by atoms with van der Waals surface area (Å²) >= 11 is 4.73. The lowest BCUT2D eigenvalue weighted by molar-refractivity contribution is 1.31. The molecule has 4 aromatic carbocycles. The Morgan fingerprint density at radius 1 is 0.346 bits per heavy atom. The van der Waals surface area contributed by atoms with Gasteiger partial charge in [-0.15, -0.1) is 0 Å². The summed E-state index contributed by atoms with van der Waals surface area (Å²) in [6.45, 7) is 4.24. The predicted molar refractivity (Wildman–Crippen MR) is 236 cm³/mol. The van der Waals surface area contributed by atoms with Crippen LogP contribution in [0.2, 0.25) is 0 Å². The van der Waals surface area contributed by atoms with Gasteiger partial charge in [-0.05, 0) is 154 Å². The Bertz CT molecular complexity index is 2360. The number of benzene rings is 4. The molecule has 0 saturated heterocycles. The Kier molecular flexibility index (Phi) is 8.51. The second-order valence-electron chi connectivity index (χ2n) is 13.2. The first-order valence-corrected chi connectivity index (χ1v) is 19.4. The third-order valence-electron chi connectivity index (χ3n) is 9.70. The van der Waals surface area contributed by atoms with Crippen LogP contribution in [0, 0.1) is 21.0 Å². The zero-order chi connectivity index (χ0) is 35.3. The Labute approximate surface area is 329 Å². The van der Waals surface area contributed by atoms with Crippen LogP contribution in [0.3, 0.4) is 0 Å². The fourth-order valence-corrected chi connectivity index (χ4v) is 7.81. The Balaban J connectivity index is 1.47. The molecular weight excluding hydrogens is 862 g/mol. The number of H-pyrrole nitrogens is 2. The molecule has 0 amide bonds. The lowest BCUT2D eigenvalue weighted by Crippen LogP contribution is -1.90. The average Bonchev–Trinajstić information content (AvgIpc) is 3.99. The van der Waals surface area contributed by atoms with E-state index < -0.39 is 0 Å². The van der Waals surface area contributed by atoms with Crippen LogP contribution in [0.5, 0.6) is 0 Å². The van der Waals surface area contributed by atoms with Crippen molar-refractivity contribution in [3.63, 3.8) is 0 Å². The topological polar surface area (TPSA) is 57.4 Å². The number of aromatic nitrogens is 4. The first-order valence-electron chi connectivity index (χ1n) is 17.2. The van der Waals surface area contributed by atoms with Crippen LogP contribution in [0.25, 0.3) is 90.9 Å². The molecule has 9 rings (SSSR count). The summed E-state index contributed by atoms with van der Waals surface area (Å²) in [4.78, 5) is 18.5. The molecule has 8 bridgehead atoms. The molecule has 0 aliphatic carbocycles. The third-order valence-corrected chi connectivity index (χ3v) is 11.1. The first-order chi connectivity index (χ1) is 25.4. The Hall–Kier alpha value is -5.06. The van der Waals surface area contributed by atoms with E-state index in [9.17, 15) is 0 Å². The summed E-state index contributed by atoms with van der Waals surface area (Å²) in [7, 11) is 0. The second kappa shape index (κ2) is 13.5. The number of fused-ring (bicyclic) bond motifs is 8. The Morgan fingerprint density at radius 3 is 0.865 bits per heavy atom. The number of aromatic amines is 2. The highest BCUT2D eigenvalue weighted by atomic mass is 127. The zero-order valence-corrected chi connectivity index (χ0v) is 32.8. The molecule has 0 fully saturated rings. The minimum Gasteiger partial charge on any atom is -0.354 e. The van der Waals surface area contributed by atoms with Gasteiger partial charge in [-0.3, -0.25) is 0 Å². The lowest BCUT2D eigenvalue weighted by Gasteiger charge is -2.07. The molecule has 0 atom stereocenters. The van der Waals surface area contributed by atoms with Gasteiger partial charge in [0.2, 0.25) is 0 Å². The Morgan fingerprint density at radius 2 is 0.596 bits per heavy atom. The SMILES string of the molecule is Cc1ccc(-c2c3nc(c(-c4ccc(I)cc4)c4ccc([nH]4)c(-c4ccc(C)cc4)c4nc(c(-c5ccc(I)cc5)c5ccc2[nH]5)C=C4)C=C3)cc1. The van der Waals surface area contributed by atoms with Crippen molar-refractivity contribution in [2.45, 2.75) is 13.8 Å². The van der Waals surface area contributed by atoms with Gasteiger partial charge in [0.25, 0.3) is 0 Å². The molecule has 0 spiro atoms. The summed E-state index contributed by atoms with van der Waals surface area (Å²) < 4.78 is 2.37. The molecule has 7 aromatic rings. The molecular formula is C46H32I2N4. The lowest BCUT2D eigenvalue weighted by atomic mass is 10.0. The van der Waals surface area contributed by atoms with Gasteiger partial charge in [-0.2, -0.15) is 0 Å². The number of aryl methyl sites for hydroxylation is 2. The molecule has 3 aromatic heterocycles. The van der Waals surface area contributed by atoms with Crippen LogP contribution in [0.4, 0.5) is 0 Å². The van der Waals surface area contributed by atoms with Gasteiger partial charge < -0.3 is 9.97 Å².